The highest BCUT2D eigenvalue weighted by atomic mass is 15.1. The van der Waals surface area contributed by atoms with Gasteiger partial charge in [0.25, 0.3) is 0 Å². The topological polar surface area (TPSA) is 6.48 Å². The summed E-state index contributed by atoms with van der Waals surface area (Å²) in [5, 5.41) is 0. The summed E-state index contributed by atoms with van der Waals surface area (Å²) in [5.74, 6) is 0. The lowest BCUT2D eigenvalue weighted by molar-refractivity contribution is 0.353. The molecule has 0 saturated heterocycles. The molecule has 0 radical (unpaired) electrons. The first-order valence-corrected chi connectivity index (χ1v) is 7.59. The second-order valence-corrected chi connectivity index (χ2v) is 4.85. The van der Waals surface area contributed by atoms with Crippen LogP contribution in [-0.2, 0) is 0 Å². The molecule has 1 aromatic carbocycles. The number of anilines is 1. The van der Waals surface area contributed by atoms with E-state index in [2.05, 4.69) is 75.7 Å². The van der Waals surface area contributed by atoms with Crippen LogP contribution in [0.25, 0.3) is 0 Å². The van der Waals surface area contributed by atoms with E-state index in [0.717, 1.165) is 13.1 Å². The molecule has 0 saturated carbocycles. The summed E-state index contributed by atoms with van der Waals surface area (Å²) in [7, 11) is 2.14. The zero-order valence-electron chi connectivity index (χ0n) is 13.7. The summed E-state index contributed by atoms with van der Waals surface area (Å²) in [5.41, 5.74) is 2.73. The molecule has 0 spiro atoms. The maximum atomic E-state index is 2.37. The highest BCUT2D eigenvalue weighted by Gasteiger charge is 2.02. The Morgan fingerprint density at radius 3 is 1.84 bits per heavy atom. The third-order valence-electron chi connectivity index (χ3n) is 3.36. The van der Waals surface area contributed by atoms with Gasteiger partial charge in [0.1, 0.15) is 0 Å². The van der Waals surface area contributed by atoms with Gasteiger partial charge in [0.15, 0.2) is 0 Å². The maximum absolute atomic E-state index is 2.37. The van der Waals surface area contributed by atoms with E-state index in [-0.39, 0.29) is 0 Å². The molecule has 0 heterocycles. The van der Waals surface area contributed by atoms with Crippen molar-refractivity contribution >= 4 is 5.69 Å². The number of benzene rings is 1. The summed E-state index contributed by atoms with van der Waals surface area (Å²) in [6.45, 7) is 15.5. The van der Waals surface area contributed by atoms with Crippen LogP contribution < -0.4 is 4.90 Å². The Bertz CT molecular complexity index is 319. The van der Waals surface area contributed by atoms with Crippen LogP contribution in [0.1, 0.15) is 39.7 Å². The molecule has 0 aromatic heterocycles. The average Bonchev–Trinajstić information content (AvgIpc) is 2.43. The smallest absolute Gasteiger partial charge is 0.0395 e. The fraction of sp³-hybridized carbons (Fsp3) is 0.647. The fourth-order valence-corrected chi connectivity index (χ4v) is 2.02. The van der Waals surface area contributed by atoms with Crippen molar-refractivity contribution in [3.63, 3.8) is 0 Å². The molecule has 0 aliphatic rings. The van der Waals surface area contributed by atoms with Crippen LogP contribution in [0.15, 0.2) is 24.3 Å². The zero-order valence-corrected chi connectivity index (χ0v) is 13.7. The van der Waals surface area contributed by atoms with Crippen LogP contribution in [-0.4, -0.2) is 38.1 Å². The highest BCUT2D eigenvalue weighted by molar-refractivity contribution is 5.52. The van der Waals surface area contributed by atoms with E-state index >= 15 is 0 Å². The van der Waals surface area contributed by atoms with Gasteiger partial charge in [0, 0.05) is 18.8 Å². The van der Waals surface area contributed by atoms with Crippen molar-refractivity contribution in [1.29, 1.82) is 0 Å². The van der Waals surface area contributed by atoms with E-state index in [4.69, 9.17) is 0 Å². The van der Waals surface area contributed by atoms with Crippen LogP contribution >= 0.6 is 0 Å². The average molecular weight is 264 g/mol. The number of para-hydroxylation sites is 1. The SMILES string of the molecule is CCCN(C)CC.CCN(CC)c1ccccc1C. The summed E-state index contributed by atoms with van der Waals surface area (Å²) in [6, 6.07) is 8.53. The molecule has 1 rings (SSSR count). The summed E-state index contributed by atoms with van der Waals surface area (Å²) in [6.07, 6.45) is 1.27. The molecule has 0 atom stereocenters. The van der Waals surface area contributed by atoms with E-state index in [0.29, 0.717) is 0 Å². The van der Waals surface area contributed by atoms with Crippen molar-refractivity contribution in [2.24, 2.45) is 0 Å². The zero-order chi connectivity index (χ0) is 14.7. The molecule has 0 aliphatic heterocycles. The number of rotatable bonds is 6. The van der Waals surface area contributed by atoms with Gasteiger partial charge >= 0.3 is 0 Å². The first-order valence-electron chi connectivity index (χ1n) is 7.59. The number of nitrogens with zero attached hydrogens (tertiary/aromatic N) is 2. The molecule has 0 N–H and O–H groups in total. The Morgan fingerprint density at radius 2 is 1.47 bits per heavy atom. The van der Waals surface area contributed by atoms with Crippen molar-refractivity contribution in [1.82, 2.24) is 4.90 Å². The van der Waals surface area contributed by atoms with E-state index in [1.165, 1.54) is 30.8 Å². The molecule has 0 aliphatic carbocycles. The number of hydrogen-bond acceptors (Lipinski definition) is 2. The predicted molar refractivity (Wildman–Crippen MR) is 88.2 cm³/mol. The lowest BCUT2D eigenvalue weighted by atomic mass is 10.2. The van der Waals surface area contributed by atoms with Gasteiger partial charge in [-0.25, -0.2) is 0 Å². The molecule has 2 heteroatoms. The molecule has 0 bridgehead atoms. The molecule has 19 heavy (non-hydrogen) atoms. The van der Waals surface area contributed by atoms with E-state index in [1.807, 2.05) is 0 Å². The number of hydrogen-bond donors (Lipinski definition) is 0. The van der Waals surface area contributed by atoms with Crippen LogP contribution in [0, 0.1) is 6.92 Å². The second-order valence-electron chi connectivity index (χ2n) is 4.85. The Balaban J connectivity index is 0.000000399. The van der Waals surface area contributed by atoms with Gasteiger partial charge < -0.3 is 9.80 Å². The van der Waals surface area contributed by atoms with Gasteiger partial charge in [0.2, 0.25) is 0 Å². The molecule has 0 fully saturated rings. The van der Waals surface area contributed by atoms with Crippen LogP contribution in [0.2, 0.25) is 0 Å². The van der Waals surface area contributed by atoms with Gasteiger partial charge in [-0.15, -0.1) is 0 Å². The van der Waals surface area contributed by atoms with Gasteiger partial charge in [0.05, 0.1) is 0 Å². The Labute approximate surface area is 120 Å². The van der Waals surface area contributed by atoms with Crippen molar-refractivity contribution in [3.05, 3.63) is 29.8 Å². The van der Waals surface area contributed by atoms with E-state index in [1.54, 1.807) is 0 Å². The first kappa shape index (κ1) is 18.0. The highest BCUT2D eigenvalue weighted by Crippen LogP contribution is 2.18. The lowest BCUT2D eigenvalue weighted by Crippen LogP contribution is -2.22. The first-order chi connectivity index (χ1) is 9.10. The monoisotopic (exact) mass is 264 g/mol. The minimum Gasteiger partial charge on any atom is -0.372 e. The lowest BCUT2D eigenvalue weighted by Gasteiger charge is -2.22. The van der Waals surface area contributed by atoms with Gasteiger partial charge in [-0.1, -0.05) is 32.0 Å². The second kappa shape index (κ2) is 10.9. The normalized spacial score (nSPS) is 10.1. The van der Waals surface area contributed by atoms with Crippen molar-refractivity contribution < 1.29 is 0 Å². The molecule has 110 valence electrons. The largest absolute Gasteiger partial charge is 0.372 e. The van der Waals surface area contributed by atoms with Crippen LogP contribution in [0.3, 0.4) is 0 Å². The summed E-state index contributed by atoms with van der Waals surface area (Å²) in [4.78, 5) is 4.68. The standard InChI is InChI=1S/C11H17N.C6H15N/c1-4-12(5-2)11-9-7-6-8-10(11)3;1-4-6-7(3)5-2/h6-9H,4-5H2,1-3H3;4-6H2,1-3H3. The molecule has 0 unspecified atom stereocenters. The Kier molecular flexibility index (Phi) is 10.3. The van der Waals surface area contributed by atoms with Crippen LogP contribution in [0.4, 0.5) is 5.69 Å². The summed E-state index contributed by atoms with van der Waals surface area (Å²) < 4.78 is 0. The van der Waals surface area contributed by atoms with Crippen molar-refractivity contribution in [2.75, 3.05) is 38.1 Å². The van der Waals surface area contributed by atoms with Crippen LogP contribution in [0.5, 0.6) is 0 Å². The quantitative estimate of drug-likeness (QED) is 0.760. The van der Waals surface area contributed by atoms with E-state index in [9.17, 15) is 0 Å². The number of aryl methyl sites for hydroxylation is 1. The Hall–Kier alpha value is -1.02. The minimum atomic E-state index is 1.08. The predicted octanol–water partition coefficient (Wildman–Crippen LogP) is 4.19. The van der Waals surface area contributed by atoms with Gasteiger partial charge in [-0.3, -0.25) is 0 Å². The van der Waals surface area contributed by atoms with Crippen molar-refractivity contribution in [2.45, 2.75) is 41.0 Å². The minimum absolute atomic E-state index is 1.08. The maximum Gasteiger partial charge on any atom is 0.0395 e. The molecule has 2 nitrogen and oxygen atoms in total. The van der Waals surface area contributed by atoms with E-state index < -0.39 is 0 Å². The van der Waals surface area contributed by atoms with Gasteiger partial charge in [-0.05, 0) is 59.0 Å². The Morgan fingerprint density at radius 1 is 0.895 bits per heavy atom. The molecule has 0 amide bonds. The van der Waals surface area contributed by atoms with Gasteiger partial charge in [-0.2, -0.15) is 0 Å². The molecule has 1 aromatic rings. The molecular formula is C17H32N2. The summed E-state index contributed by atoms with van der Waals surface area (Å²) >= 11 is 0. The third kappa shape index (κ3) is 7.22. The third-order valence-corrected chi connectivity index (χ3v) is 3.36. The molecular weight excluding hydrogens is 232 g/mol. The van der Waals surface area contributed by atoms with Crippen molar-refractivity contribution in [3.8, 4) is 0 Å². The fourth-order valence-electron chi connectivity index (χ4n) is 2.02.